The zero-order valence-corrected chi connectivity index (χ0v) is 15.0. The molecule has 2 rings (SSSR count). The van der Waals surface area contributed by atoms with Gasteiger partial charge in [-0.05, 0) is 42.5 Å². The fourth-order valence-corrected chi connectivity index (χ4v) is 2.37. The third-order valence-electron chi connectivity index (χ3n) is 3.89. The molecular weight excluding hydrogens is 312 g/mol. The maximum atomic E-state index is 12.0. The number of ether oxygens (including phenoxy) is 1. The topological polar surface area (TPSA) is 50.7 Å². The molecule has 0 aliphatic rings. The average Bonchev–Trinajstić information content (AvgIpc) is 2.67. The number of benzene rings is 2. The third-order valence-corrected chi connectivity index (χ3v) is 3.89. The lowest BCUT2D eigenvalue weighted by Gasteiger charge is -2.08. The van der Waals surface area contributed by atoms with Gasteiger partial charge in [-0.3, -0.25) is 4.79 Å². The molecular formula is C21H26N2O2. The first-order valence-electron chi connectivity index (χ1n) is 8.85. The van der Waals surface area contributed by atoms with E-state index < -0.39 is 0 Å². The normalized spacial score (nSPS) is 11.2. The van der Waals surface area contributed by atoms with Gasteiger partial charge in [-0.2, -0.15) is 5.10 Å². The van der Waals surface area contributed by atoms with E-state index in [0.717, 1.165) is 37.0 Å². The molecule has 1 N–H and O–H groups in total. The maximum absolute atomic E-state index is 12.0. The summed E-state index contributed by atoms with van der Waals surface area (Å²) in [5.41, 5.74) is 5.77. The van der Waals surface area contributed by atoms with Crippen molar-refractivity contribution < 1.29 is 9.53 Å². The summed E-state index contributed by atoms with van der Waals surface area (Å²) >= 11 is 0. The third kappa shape index (κ3) is 6.42. The van der Waals surface area contributed by atoms with E-state index in [-0.39, 0.29) is 12.5 Å². The monoisotopic (exact) mass is 338 g/mol. The van der Waals surface area contributed by atoms with E-state index in [2.05, 4.69) is 24.4 Å². The second-order valence-electron chi connectivity index (χ2n) is 5.85. The van der Waals surface area contributed by atoms with Gasteiger partial charge >= 0.3 is 0 Å². The zero-order valence-electron chi connectivity index (χ0n) is 15.0. The lowest BCUT2D eigenvalue weighted by molar-refractivity contribution is -0.123. The van der Waals surface area contributed by atoms with Crippen LogP contribution < -0.4 is 10.2 Å². The molecule has 4 nitrogen and oxygen atoms in total. The van der Waals surface area contributed by atoms with Crippen molar-refractivity contribution in [1.29, 1.82) is 0 Å². The number of aryl methyl sites for hydroxylation is 1. The molecule has 0 fully saturated rings. The number of hydrogen-bond donors (Lipinski definition) is 1. The Balaban J connectivity index is 1.91. The Labute approximate surface area is 149 Å². The van der Waals surface area contributed by atoms with Crippen molar-refractivity contribution in [2.75, 3.05) is 6.61 Å². The predicted octanol–water partition coefficient (Wildman–Crippen LogP) is 4.34. The second kappa shape index (κ2) is 10.3. The van der Waals surface area contributed by atoms with E-state index >= 15 is 0 Å². The van der Waals surface area contributed by atoms with Gasteiger partial charge in [0.25, 0.3) is 5.91 Å². The minimum absolute atomic E-state index is 0.0508. The minimum atomic E-state index is -0.260. The molecule has 0 saturated carbocycles. The van der Waals surface area contributed by atoms with Crippen molar-refractivity contribution in [3.05, 3.63) is 65.7 Å². The van der Waals surface area contributed by atoms with Crippen molar-refractivity contribution in [3.63, 3.8) is 0 Å². The predicted molar refractivity (Wildman–Crippen MR) is 102 cm³/mol. The van der Waals surface area contributed by atoms with Crippen LogP contribution in [0.25, 0.3) is 0 Å². The van der Waals surface area contributed by atoms with Gasteiger partial charge < -0.3 is 4.74 Å². The first kappa shape index (κ1) is 18.7. The maximum Gasteiger partial charge on any atom is 0.277 e. The number of amides is 1. The fourth-order valence-electron chi connectivity index (χ4n) is 2.37. The van der Waals surface area contributed by atoms with Gasteiger partial charge in [-0.1, -0.05) is 62.7 Å². The van der Waals surface area contributed by atoms with Crippen LogP contribution in [-0.4, -0.2) is 18.2 Å². The van der Waals surface area contributed by atoms with E-state index in [9.17, 15) is 4.79 Å². The van der Waals surface area contributed by atoms with Crippen molar-refractivity contribution >= 4 is 11.6 Å². The van der Waals surface area contributed by atoms with Crippen LogP contribution in [0.1, 0.15) is 44.2 Å². The molecule has 1 amide bonds. The highest BCUT2D eigenvalue weighted by atomic mass is 16.5. The number of hydrogen-bond acceptors (Lipinski definition) is 3. The molecule has 0 atom stereocenters. The van der Waals surface area contributed by atoms with Gasteiger partial charge in [-0.25, -0.2) is 5.43 Å². The first-order chi connectivity index (χ1) is 12.2. The summed E-state index contributed by atoms with van der Waals surface area (Å²) in [6, 6.07) is 17.7. The summed E-state index contributed by atoms with van der Waals surface area (Å²) in [6.07, 6.45) is 3.93. The van der Waals surface area contributed by atoms with Gasteiger partial charge in [0, 0.05) is 0 Å². The van der Waals surface area contributed by atoms with Crippen molar-refractivity contribution in [2.45, 2.75) is 39.5 Å². The Kier molecular flexibility index (Phi) is 7.70. The van der Waals surface area contributed by atoms with E-state index in [0.29, 0.717) is 5.75 Å². The molecule has 2 aromatic carbocycles. The van der Waals surface area contributed by atoms with Crippen molar-refractivity contribution in [1.82, 2.24) is 5.43 Å². The second-order valence-corrected chi connectivity index (χ2v) is 5.85. The summed E-state index contributed by atoms with van der Waals surface area (Å²) < 4.78 is 5.51. The number of nitrogens with zero attached hydrogens (tertiary/aromatic N) is 1. The summed E-state index contributed by atoms with van der Waals surface area (Å²) in [6.45, 7) is 4.19. The Hall–Kier alpha value is -2.62. The molecule has 0 bridgehead atoms. The quantitative estimate of drug-likeness (QED) is 0.546. The number of carbonyl (C=O) groups is 1. The zero-order chi connectivity index (χ0) is 17.9. The highest BCUT2D eigenvalue weighted by Crippen LogP contribution is 2.12. The SMILES string of the molecule is CCCC/C(=N\NC(=O)COc1ccc(CC)cc1)c1ccccc1. The molecule has 0 aliphatic carbocycles. The molecule has 0 saturated heterocycles. The van der Waals surface area contributed by atoms with Crippen LogP contribution in [0.5, 0.6) is 5.75 Å². The summed E-state index contributed by atoms with van der Waals surface area (Å²) in [4.78, 5) is 12.0. The van der Waals surface area contributed by atoms with Gasteiger partial charge in [0.15, 0.2) is 6.61 Å². The average molecular weight is 338 g/mol. The highest BCUT2D eigenvalue weighted by molar-refractivity contribution is 6.01. The molecule has 0 radical (unpaired) electrons. The van der Waals surface area contributed by atoms with E-state index in [4.69, 9.17) is 4.74 Å². The standard InChI is InChI=1S/C21H26N2O2/c1-3-5-11-20(18-9-7-6-8-10-18)22-23-21(24)16-25-19-14-12-17(4-2)13-15-19/h6-10,12-15H,3-5,11,16H2,1-2H3,(H,23,24)/b22-20+. The van der Waals surface area contributed by atoms with Crippen LogP contribution in [0.4, 0.5) is 0 Å². The van der Waals surface area contributed by atoms with Crippen LogP contribution >= 0.6 is 0 Å². The number of unbranched alkanes of at least 4 members (excludes halogenated alkanes) is 1. The van der Waals surface area contributed by atoms with Crippen LogP contribution in [0.3, 0.4) is 0 Å². The molecule has 132 valence electrons. The van der Waals surface area contributed by atoms with E-state index in [1.54, 1.807) is 0 Å². The lowest BCUT2D eigenvalue weighted by atomic mass is 10.1. The molecule has 2 aromatic rings. The number of carbonyl (C=O) groups excluding carboxylic acids is 1. The van der Waals surface area contributed by atoms with Gasteiger partial charge in [0.2, 0.25) is 0 Å². The van der Waals surface area contributed by atoms with Gasteiger partial charge in [0.1, 0.15) is 5.75 Å². The van der Waals surface area contributed by atoms with E-state index in [1.807, 2.05) is 54.6 Å². The summed E-state index contributed by atoms with van der Waals surface area (Å²) in [5, 5.41) is 4.31. The largest absolute Gasteiger partial charge is 0.484 e. The number of rotatable bonds is 9. The Morgan fingerprint density at radius 1 is 1.04 bits per heavy atom. The molecule has 25 heavy (non-hydrogen) atoms. The molecule has 0 unspecified atom stereocenters. The highest BCUT2D eigenvalue weighted by Gasteiger charge is 2.06. The lowest BCUT2D eigenvalue weighted by Crippen LogP contribution is -2.26. The number of hydrazone groups is 1. The molecule has 4 heteroatoms. The first-order valence-corrected chi connectivity index (χ1v) is 8.85. The Morgan fingerprint density at radius 2 is 1.76 bits per heavy atom. The fraction of sp³-hybridized carbons (Fsp3) is 0.333. The van der Waals surface area contributed by atoms with Crippen LogP contribution in [0.2, 0.25) is 0 Å². The molecule has 0 heterocycles. The van der Waals surface area contributed by atoms with Crippen molar-refractivity contribution in [3.8, 4) is 5.75 Å². The Bertz CT molecular complexity index is 679. The van der Waals surface area contributed by atoms with Gasteiger partial charge in [0.05, 0.1) is 5.71 Å². The van der Waals surface area contributed by atoms with Crippen LogP contribution in [-0.2, 0) is 11.2 Å². The molecule has 0 spiro atoms. The Morgan fingerprint density at radius 3 is 2.40 bits per heavy atom. The minimum Gasteiger partial charge on any atom is -0.484 e. The smallest absolute Gasteiger partial charge is 0.277 e. The molecule has 0 aromatic heterocycles. The van der Waals surface area contributed by atoms with Gasteiger partial charge in [-0.15, -0.1) is 0 Å². The summed E-state index contributed by atoms with van der Waals surface area (Å²) in [7, 11) is 0. The number of nitrogens with one attached hydrogen (secondary N) is 1. The molecule has 0 aliphatic heterocycles. The van der Waals surface area contributed by atoms with Crippen LogP contribution in [0, 0.1) is 0 Å². The summed E-state index contributed by atoms with van der Waals surface area (Å²) in [5.74, 6) is 0.426. The van der Waals surface area contributed by atoms with Crippen LogP contribution in [0.15, 0.2) is 59.7 Å². The van der Waals surface area contributed by atoms with E-state index in [1.165, 1.54) is 5.56 Å². The van der Waals surface area contributed by atoms with Crippen molar-refractivity contribution in [2.24, 2.45) is 5.10 Å².